The summed E-state index contributed by atoms with van der Waals surface area (Å²) in [6.07, 6.45) is 4.49. The fraction of sp³-hybridized carbons (Fsp3) is 0.583. The van der Waals surface area contributed by atoms with Gasteiger partial charge in [0.1, 0.15) is 0 Å². The summed E-state index contributed by atoms with van der Waals surface area (Å²) in [6, 6.07) is 6.05. The Morgan fingerprint density at radius 1 is 1.53 bits per heavy atom. The van der Waals surface area contributed by atoms with Crippen molar-refractivity contribution in [2.45, 2.75) is 32.4 Å². The van der Waals surface area contributed by atoms with Crippen LogP contribution in [0.25, 0.3) is 0 Å². The van der Waals surface area contributed by atoms with Crippen molar-refractivity contribution >= 4 is 0 Å². The lowest BCUT2D eigenvalue weighted by molar-refractivity contribution is 0.437. The van der Waals surface area contributed by atoms with Gasteiger partial charge in [-0.3, -0.25) is 4.79 Å². The van der Waals surface area contributed by atoms with Gasteiger partial charge in [0.15, 0.2) is 0 Å². The smallest absolute Gasteiger partial charge is 0.250 e. The molecule has 1 saturated carbocycles. The molecule has 1 aromatic heterocycles. The van der Waals surface area contributed by atoms with Crippen LogP contribution >= 0.6 is 0 Å². The van der Waals surface area contributed by atoms with E-state index in [9.17, 15) is 4.79 Å². The quantitative estimate of drug-likeness (QED) is 0.786. The van der Waals surface area contributed by atoms with Gasteiger partial charge in [-0.1, -0.05) is 13.0 Å². The normalized spacial score (nSPS) is 17.7. The molecule has 1 fully saturated rings. The maximum absolute atomic E-state index is 11.4. The maximum atomic E-state index is 11.4. The van der Waals surface area contributed by atoms with Crippen molar-refractivity contribution in [3.05, 3.63) is 34.7 Å². The Morgan fingerprint density at radius 3 is 3.00 bits per heavy atom. The van der Waals surface area contributed by atoms with Crippen LogP contribution in [0.5, 0.6) is 0 Å². The van der Waals surface area contributed by atoms with E-state index in [-0.39, 0.29) is 5.56 Å². The Bertz CT molecular complexity index is 368. The van der Waals surface area contributed by atoms with Gasteiger partial charge in [-0.15, -0.1) is 0 Å². The molecule has 1 aromatic rings. The number of hydrogen-bond acceptors (Lipinski definition) is 2. The molecule has 15 heavy (non-hydrogen) atoms. The van der Waals surface area contributed by atoms with Crippen molar-refractivity contribution in [3.8, 4) is 0 Å². The third kappa shape index (κ3) is 3.20. The molecule has 3 heteroatoms. The summed E-state index contributed by atoms with van der Waals surface area (Å²) in [5, 5.41) is 3.48. The average molecular weight is 206 g/mol. The highest BCUT2D eigenvalue weighted by Crippen LogP contribution is 2.18. The van der Waals surface area contributed by atoms with Crippen molar-refractivity contribution in [2.24, 2.45) is 5.92 Å². The fourth-order valence-electron chi connectivity index (χ4n) is 1.67. The molecule has 1 aliphatic carbocycles. The number of aromatic nitrogens is 1. The summed E-state index contributed by atoms with van der Waals surface area (Å²) in [5.74, 6) is 0.505. The number of nitrogens with zero attached hydrogens (tertiary/aromatic N) is 1. The van der Waals surface area contributed by atoms with Crippen molar-refractivity contribution < 1.29 is 0 Å². The molecule has 0 aliphatic heterocycles. The van der Waals surface area contributed by atoms with E-state index in [1.807, 2.05) is 12.3 Å². The van der Waals surface area contributed by atoms with Gasteiger partial charge in [0.05, 0.1) is 0 Å². The first kappa shape index (κ1) is 10.4. The fourth-order valence-corrected chi connectivity index (χ4v) is 1.67. The SMILES string of the molecule is CC(CNC1CC1)Cn1ccccc1=O. The Morgan fingerprint density at radius 2 is 2.33 bits per heavy atom. The zero-order valence-electron chi connectivity index (χ0n) is 9.15. The molecular formula is C12H18N2O. The Kier molecular flexibility index (Phi) is 3.21. The Balaban J connectivity index is 1.84. The summed E-state index contributed by atoms with van der Waals surface area (Å²) < 4.78 is 1.78. The zero-order chi connectivity index (χ0) is 10.7. The van der Waals surface area contributed by atoms with Crippen LogP contribution < -0.4 is 10.9 Å². The molecule has 0 aromatic carbocycles. The van der Waals surface area contributed by atoms with Crippen LogP contribution in [-0.4, -0.2) is 17.2 Å². The Labute approximate surface area is 90.1 Å². The number of rotatable bonds is 5. The van der Waals surface area contributed by atoms with Crippen LogP contribution in [0.2, 0.25) is 0 Å². The number of pyridine rings is 1. The molecule has 1 heterocycles. The van der Waals surface area contributed by atoms with E-state index in [0.717, 1.165) is 19.1 Å². The summed E-state index contributed by atoms with van der Waals surface area (Å²) >= 11 is 0. The second kappa shape index (κ2) is 4.62. The maximum Gasteiger partial charge on any atom is 0.250 e. The molecule has 0 amide bonds. The molecule has 1 aliphatic rings. The van der Waals surface area contributed by atoms with Crippen LogP contribution in [0.4, 0.5) is 0 Å². The lowest BCUT2D eigenvalue weighted by Gasteiger charge is -2.13. The lowest BCUT2D eigenvalue weighted by atomic mass is 10.2. The van der Waals surface area contributed by atoms with Crippen molar-refractivity contribution in [1.82, 2.24) is 9.88 Å². The van der Waals surface area contributed by atoms with E-state index in [0.29, 0.717) is 5.92 Å². The lowest BCUT2D eigenvalue weighted by Crippen LogP contribution is -2.29. The van der Waals surface area contributed by atoms with E-state index in [1.165, 1.54) is 12.8 Å². The highest BCUT2D eigenvalue weighted by molar-refractivity contribution is 4.93. The minimum Gasteiger partial charge on any atom is -0.315 e. The molecule has 1 atom stereocenters. The predicted octanol–water partition coefficient (Wildman–Crippen LogP) is 1.24. The molecule has 1 unspecified atom stereocenters. The van der Waals surface area contributed by atoms with Gasteiger partial charge in [-0.05, 0) is 31.4 Å². The molecule has 0 radical (unpaired) electrons. The van der Waals surface area contributed by atoms with Gasteiger partial charge in [0, 0.05) is 24.8 Å². The molecule has 2 rings (SSSR count). The minimum absolute atomic E-state index is 0.0933. The zero-order valence-corrected chi connectivity index (χ0v) is 9.15. The highest BCUT2D eigenvalue weighted by atomic mass is 16.1. The van der Waals surface area contributed by atoms with Gasteiger partial charge in [0.25, 0.3) is 5.56 Å². The monoisotopic (exact) mass is 206 g/mol. The molecular weight excluding hydrogens is 188 g/mol. The van der Waals surface area contributed by atoms with E-state index < -0.39 is 0 Å². The standard InChI is InChI=1S/C12H18N2O/c1-10(8-13-11-5-6-11)9-14-7-3-2-4-12(14)15/h2-4,7,10-11,13H,5-6,8-9H2,1H3. The molecule has 3 nitrogen and oxygen atoms in total. The molecule has 1 N–H and O–H groups in total. The topological polar surface area (TPSA) is 34.0 Å². The first-order chi connectivity index (χ1) is 7.25. The molecule has 0 spiro atoms. The van der Waals surface area contributed by atoms with E-state index in [2.05, 4.69) is 12.2 Å². The number of nitrogens with one attached hydrogen (secondary N) is 1. The van der Waals surface area contributed by atoms with Gasteiger partial charge in [0.2, 0.25) is 0 Å². The van der Waals surface area contributed by atoms with Gasteiger partial charge in [-0.25, -0.2) is 0 Å². The summed E-state index contributed by atoms with van der Waals surface area (Å²) in [5.41, 5.74) is 0.0933. The third-order valence-electron chi connectivity index (χ3n) is 2.74. The number of hydrogen-bond donors (Lipinski definition) is 1. The van der Waals surface area contributed by atoms with Crippen molar-refractivity contribution in [2.75, 3.05) is 6.54 Å². The summed E-state index contributed by atoms with van der Waals surface area (Å²) in [6.45, 7) is 3.99. The average Bonchev–Trinajstić information content (AvgIpc) is 3.02. The second-order valence-electron chi connectivity index (χ2n) is 4.48. The van der Waals surface area contributed by atoms with E-state index >= 15 is 0 Å². The van der Waals surface area contributed by atoms with Gasteiger partial charge < -0.3 is 9.88 Å². The molecule has 0 saturated heterocycles. The van der Waals surface area contributed by atoms with Gasteiger partial charge >= 0.3 is 0 Å². The molecule has 0 bridgehead atoms. The first-order valence-electron chi connectivity index (χ1n) is 5.64. The second-order valence-corrected chi connectivity index (χ2v) is 4.48. The minimum atomic E-state index is 0.0933. The Hall–Kier alpha value is -1.09. The highest BCUT2D eigenvalue weighted by Gasteiger charge is 2.20. The summed E-state index contributed by atoms with van der Waals surface area (Å²) in [4.78, 5) is 11.4. The predicted molar refractivity (Wildman–Crippen MR) is 60.9 cm³/mol. The van der Waals surface area contributed by atoms with Crippen LogP contribution in [0.3, 0.4) is 0 Å². The van der Waals surface area contributed by atoms with Crippen LogP contribution in [-0.2, 0) is 6.54 Å². The third-order valence-corrected chi connectivity index (χ3v) is 2.74. The van der Waals surface area contributed by atoms with Gasteiger partial charge in [-0.2, -0.15) is 0 Å². The van der Waals surface area contributed by atoms with Crippen LogP contribution in [0.15, 0.2) is 29.2 Å². The molecule has 82 valence electrons. The van der Waals surface area contributed by atoms with Crippen molar-refractivity contribution in [1.29, 1.82) is 0 Å². The van der Waals surface area contributed by atoms with Crippen LogP contribution in [0.1, 0.15) is 19.8 Å². The van der Waals surface area contributed by atoms with Crippen LogP contribution in [0, 0.1) is 5.92 Å². The van der Waals surface area contributed by atoms with E-state index in [1.54, 1.807) is 16.7 Å². The first-order valence-corrected chi connectivity index (χ1v) is 5.64. The largest absolute Gasteiger partial charge is 0.315 e. The van der Waals surface area contributed by atoms with E-state index in [4.69, 9.17) is 0 Å². The van der Waals surface area contributed by atoms with Crippen molar-refractivity contribution in [3.63, 3.8) is 0 Å². The summed E-state index contributed by atoms with van der Waals surface area (Å²) in [7, 11) is 0.